The van der Waals surface area contributed by atoms with Crippen LogP contribution in [0.15, 0.2) is 42.5 Å². The van der Waals surface area contributed by atoms with Gasteiger partial charge in [-0.25, -0.2) is 9.97 Å². The zero-order chi connectivity index (χ0) is 23.9. The van der Waals surface area contributed by atoms with E-state index in [-0.39, 0.29) is 5.91 Å². The highest BCUT2D eigenvalue weighted by atomic mass is 32.1. The molecule has 2 aliphatic rings. The zero-order valence-corrected chi connectivity index (χ0v) is 21.4. The first-order chi connectivity index (χ1) is 17.1. The second-order valence-electron chi connectivity index (χ2n) is 10.1. The minimum absolute atomic E-state index is 0.122. The molecule has 0 N–H and O–H groups in total. The largest absolute Gasteiger partial charge is 0.352 e. The number of carbonyl (C=O) groups excluding carboxylic acids is 1. The second-order valence-corrected chi connectivity index (χ2v) is 11.2. The van der Waals surface area contributed by atoms with E-state index >= 15 is 0 Å². The fourth-order valence-corrected chi connectivity index (χ4v) is 6.95. The number of thiophene rings is 1. The lowest BCUT2D eigenvalue weighted by Crippen LogP contribution is -2.49. The monoisotopic (exact) mass is 484 g/mol. The Labute approximate surface area is 210 Å². The lowest BCUT2D eigenvalue weighted by Gasteiger charge is -2.36. The number of aromatic nitrogens is 2. The van der Waals surface area contributed by atoms with Crippen LogP contribution in [0, 0.1) is 5.92 Å². The lowest BCUT2D eigenvalue weighted by molar-refractivity contribution is 0.0746. The van der Waals surface area contributed by atoms with Gasteiger partial charge in [0.2, 0.25) is 0 Å². The quantitative estimate of drug-likeness (QED) is 0.363. The standard InChI is InChI=1S/C29H32N4OS/c1-3-6-25-30-27(26-23-12-9-19(2)17-24(23)35-28(26)31-25)32-13-15-33(16-14-32)29(34)22-11-10-20-7-4-5-8-21(20)18-22/h4-5,7-8,10-11,18-19H,3,6,9,12-17H2,1-2H3. The minimum atomic E-state index is 0.122. The van der Waals surface area contributed by atoms with Crippen LogP contribution in [0.4, 0.5) is 5.82 Å². The first kappa shape index (κ1) is 22.5. The van der Waals surface area contributed by atoms with Crippen LogP contribution >= 0.6 is 11.3 Å². The Kier molecular flexibility index (Phi) is 5.93. The summed E-state index contributed by atoms with van der Waals surface area (Å²) in [6.07, 6.45) is 5.47. The molecule has 35 heavy (non-hydrogen) atoms. The van der Waals surface area contributed by atoms with Crippen molar-refractivity contribution in [3.8, 4) is 0 Å². The van der Waals surface area contributed by atoms with E-state index in [1.54, 1.807) is 0 Å². The number of anilines is 1. The van der Waals surface area contributed by atoms with Crippen molar-refractivity contribution in [2.24, 2.45) is 5.92 Å². The number of rotatable bonds is 4. The molecule has 3 heterocycles. The van der Waals surface area contributed by atoms with Crippen LogP contribution in [-0.4, -0.2) is 47.0 Å². The van der Waals surface area contributed by atoms with Gasteiger partial charge in [0.15, 0.2) is 0 Å². The molecule has 0 spiro atoms. The SMILES string of the molecule is CCCc1nc(N2CCN(C(=O)c3ccc4ccccc4c3)CC2)c2c3c(sc2n1)CC(C)CC3. The summed E-state index contributed by atoms with van der Waals surface area (Å²) in [5.74, 6) is 2.92. The maximum atomic E-state index is 13.3. The number of hydrogen-bond donors (Lipinski definition) is 0. The van der Waals surface area contributed by atoms with Gasteiger partial charge in [-0.1, -0.05) is 44.2 Å². The van der Waals surface area contributed by atoms with Crippen LogP contribution < -0.4 is 4.90 Å². The summed E-state index contributed by atoms with van der Waals surface area (Å²) in [6, 6.07) is 14.2. The summed E-state index contributed by atoms with van der Waals surface area (Å²) in [7, 11) is 0. The van der Waals surface area contributed by atoms with E-state index in [9.17, 15) is 4.79 Å². The lowest BCUT2D eigenvalue weighted by atomic mass is 9.89. The molecule has 4 aromatic rings. The van der Waals surface area contributed by atoms with Crippen molar-refractivity contribution in [1.29, 1.82) is 0 Å². The van der Waals surface area contributed by atoms with Gasteiger partial charge in [0, 0.05) is 43.0 Å². The number of nitrogens with zero attached hydrogens (tertiary/aromatic N) is 4. The van der Waals surface area contributed by atoms with E-state index in [2.05, 4.69) is 30.9 Å². The van der Waals surface area contributed by atoms with Gasteiger partial charge in [-0.15, -0.1) is 11.3 Å². The summed E-state index contributed by atoms with van der Waals surface area (Å²) < 4.78 is 0. The van der Waals surface area contributed by atoms with Gasteiger partial charge in [0.05, 0.1) is 5.39 Å². The van der Waals surface area contributed by atoms with Crippen LogP contribution in [-0.2, 0) is 19.3 Å². The zero-order valence-electron chi connectivity index (χ0n) is 20.6. The van der Waals surface area contributed by atoms with E-state index in [0.717, 1.165) is 77.5 Å². The summed E-state index contributed by atoms with van der Waals surface area (Å²) >= 11 is 1.88. The van der Waals surface area contributed by atoms with Crippen LogP contribution in [0.1, 0.15) is 53.3 Å². The summed E-state index contributed by atoms with van der Waals surface area (Å²) in [5.41, 5.74) is 2.25. The molecule has 2 aromatic heterocycles. The molecular formula is C29H32N4OS. The predicted molar refractivity (Wildman–Crippen MR) is 145 cm³/mol. The maximum absolute atomic E-state index is 13.3. The third kappa shape index (κ3) is 4.18. The molecule has 6 rings (SSSR count). The summed E-state index contributed by atoms with van der Waals surface area (Å²) in [6.45, 7) is 7.57. The van der Waals surface area contributed by atoms with E-state index < -0.39 is 0 Å². The minimum Gasteiger partial charge on any atom is -0.352 e. The van der Waals surface area contributed by atoms with Gasteiger partial charge in [-0.3, -0.25) is 4.79 Å². The summed E-state index contributed by atoms with van der Waals surface area (Å²) in [4.78, 5) is 30.4. The third-order valence-corrected chi connectivity index (χ3v) is 8.67. The highest BCUT2D eigenvalue weighted by Gasteiger charge is 2.29. The fourth-order valence-electron chi connectivity index (χ4n) is 5.56. The first-order valence-electron chi connectivity index (χ1n) is 12.9. The molecule has 0 radical (unpaired) electrons. The smallest absolute Gasteiger partial charge is 0.253 e. The van der Waals surface area contributed by atoms with Gasteiger partial charge >= 0.3 is 0 Å². The van der Waals surface area contributed by atoms with Crippen LogP contribution in [0.3, 0.4) is 0 Å². The molecule has 6 heteroatoms. The molecule has 2 aromatic carbocycles. The van der Waals surface area contributed by atoms with Crippen LogP contribution in [0.25, 0.3) is 21.0 Å². The third-order valence-electron chi connectivity index (χ3n) is 7.52. The Morgan fingerprint density at radius 3 is 2.66 bits per heavy atom. The molecule has 0 saturated carbocycles. The molecule has 1 atom stereocenters. The van der Waals surface area contributed by atoms with Gasteiger partial charge in [0.1, 0.15) is 16.5 Å². The molecular weight excluding hydrogens is 452 g/mol. The van der Waals surface area contributed by atoms with Gasteiger partial charge in [0.25, 0.3) is 5.91 Å². The van der Waals surface area contributed by atoms with Crippen molar-refractivity contribution in [2.45, 2.75) is 46.0 Å². The molecule has 5 nitrogen and oxygen atoms in total. The van der Waals surface area contributed by atoms with Crippen LogP contribution in [0.2, 0.25) is 0 Å². The molecule has 1 fully saturated rings. The number of carbonyl (C=O) groups is 1. The van der Waals surface area contributed by atoms with Crippen molar-refractivity contribution >= 4 is 44.1 Å². The molecule has 1 unspecified atom stereocenters. The molecule has 0 bridgehead atoms. The number of amides is 1. The first-order valence-corrected chi connectivity index (χ1v) is 13.8. The number of benzene rings is 2. The number of hydrogen-bond acceptors (Lipinski definition) is 5. The maximum Gasteiger partial charge on any atom is 0.253 e. The fraction of sp³-hybridized carbons (Fsp3) is 0.414. The molecule has 1 aliphatic carbocycles. The normalized spacial score (nSPS) is 18.3. The average Bonchev–Trinajstić information content (AvgIpc) is 3.25. The highest BCUT2D eigenvalue weighted by Crippen LogP contribution is 2.41. The molecule has 180 valence electrons. The van der Waals surface area contributed by atoms with Gasteiger partial charge < -0.3 is 9.80 Å². The average molecular weight is 485 g/mol. The molecule has 1 aliphatic heterocycles. The number of fused-ring (bicyclic) bond motifs is 4. The Morgan fingerprint density at radius 2 is 1.86 bits per heavy atom. The van der Waals surface area contributed by atoms with E-state index in [1.807, 2.05) is 46.6 Å². The van der Waals surface area contributed by atoms with Crippen molar-refractivity contribution in [2.75, 3.05) is 31.1 Å². The summed E-state index contributed by atoms with van der Waals surface area (Å²) in [5, 5.41) is 3.56. The van der Waals surface area contributed by atoms with Gasteiger partial charge in [-0.2, -0.15) is 0 Å². The second kappa shape index (κ2) is 9.23. The van der Waals surface area contributed by atoms with Crippen molar-refractivity contribution in [3.05, 3.63) is 64.3 Å². The van der Waals surface area contributed by atoms with Crippen LogP contribution in [0.5, 0.6) is 0 Å². The van der Waals surface area contributed by atoms with Crippen molar-refractivity contribution in [1.82, 2.24) is 14.9 Å². The Balaban J connectivity index is 1.26. The van der Waals surface area contributed by atoms with Crippen molar-refractivity contribution < 1.29 is 4.79 Å². The van der Waals surface area contributed by atoms with Gasteiger partial charge in [-0.05, 0) is 60.1 Å². The predicted octanol–water partition coefficient (Wildman–Crippen LogP) is 5.88. The van der Waals surface area contributed by atoms with Crippen molar-refractivity contribution in [3.63, 3.8) is 0 Å². The van der Waals surface area contributed by atoms with E-state index in [1.165, 1.54) is 22.2 Å². The Bertz CT molecular complexity index is 1400. The number of piperazine rings is 1. The number of aryl methyl sites for hydroxylation is 2. The molecule has 1 amide bonds. The Morgan fingerprint density at radius 1 is 1.06 bits per heavy atom. The Hall–Kier alpha value is -2.99. The topological polar surface area (TPSA) is 49.3 Å². The van der Waals surface area contributed by atoms with E-state index in [4.69, 9.17) is 9.97 Å². The molecule has 1 saturated heterocycles. The van der Waals surface area contributed by atoms with E-state index in [0.29, 0.717) is 13.1 Å². The highest BCUT2D eigenvalue weighted by molar-refractivity contribution is 7.19.